The fourth-order valence-corrected chi connectivity index (χ4v) is 2.19. The van der Waals surface area contributed by atoms with E-state index in [0.29, 0.717) is 5.02 Å². The van der Waals surface area contributed by atoms with Crippen molar-refractivity contribution < 1.29 is 0 Å². The van der Waals surface area contributed by atoms with Crippen LogP contribution in [0.1, 0.15) is 12.8 Å². The van der Waals surface area contributed by atoms with Crippen molar-refractivity contribution in [2.45, 2.75) is 12.8 Å². The van der Waals surface area contributed by atoms with E-state index in [1.807, 2.05) is 7.05 Å². The maximum Gasteiger partial charge on any atom is 0.225 e. The van der Waals surface area contributed by atoms with Crippen LogP contribution in [0.15, 0.2) is 12.4 Å². The van der Waals surface area contributed by atoms with E-state index in [9.17, 15) is 0 Å². The van der Waals surface area contributed by atoms with E-state index in [-0.39, 0.29) is 0 Å². The van der Waals surface area contributed by atoms with Crippen molar-refractivity contribution >= 4 is 17.5 Å². The van der Waals surface area contributed by atoms with Gasteiger partial charge in [0.05, 0.1) is 17.4 Å². The van der Waals surface area contributed by atoms with Crippen LogP contribution >= 0.6 is 11.6 Å². The zero-order valence-electron chi connectivity index (χ0n) is 9.49. The Bertz CT molecular complexity index is 319. The predicted molar refractivity (Wildman–Crippen MR) is 65.9 cm³/mol. The van der Waals surface area contributed by atoms with Crippen molar-refractivity contribution in [3.63, 3.8) is 0 Å². The molecule has 1 N–H and O–H groups in total. The van der Waals surface area contributed by atoms with Gasteiger partial charge in [0.25, 0.3) is 0 Å². The van der Waals surface area contributed by atoms with Gasteiger partial charge in [-0.05, 0) is 32.4 Å². The first-order chi connectivity index (χ1) is 7.79. The van der Waals surface area contributed by atoms with Gasteiger partial charge >= 0.3 is 0 Å². The number of nitrogens with one attached hydrogen (secondary N) is 1. The number of aromatic nitrogens is 2. The van der Waals surface area contributed by atoms with Crippen molar-refractivity contribution in [2.75, 3.05) is 31.6 Å². The molecule has 88 valence electrons. The van der Waals surface area contributed by atoms with Crippen LogP contribution in [-0.2, 0) is 0 Å². The minimum absolute atomic E-state index is 0.591. The average Bonchev–Trinajstić information content (AvgIpc) is 2.32. The molecule has 0 unspecified atom stereocenters. The summed E-state index contributed by atoms with van der Waals surface area (Å²) in [5.41, 5.74) is 0. The van der Waals surface area contributed by atoms with Gasteiger partial charge < -0.3 is 10.2 Å². The summed E-state index contributed by atoms with van der Waals surface area (Å²) >= 11 is 5.76. The monoisotopic (exact) mass is 240 g/mol. The lowest BCUT2D eigenvalue weighted by atomic mass is 9.97. The summed E-state index contributed by atoms with van der Waals surface area (Å²) in [6, 6.07) is 0. The molecule has 0 atom stereocenters. The third-order valence-corrected chi connectivity index (χ3v) is 3.19. The first kappa shape index (κ1) is 11.6. The van der Waals surface area contributed by atoms with Gasteiger partial charge in [-0.1, -0.05) is 11.6 Å². The fraction of sp³-hybridized carbons (Fsp3) is 0.636. The smallest absolute Gasteiger partial charge is 0.225 e. The summed E-state index contributed by atoms with van der Waals surface area (Å²) < 4.78 is 0. The van der Waals surface area contributed by atoms with Crippen molar-refractivity contribution in [1.82, 2.24) is 15.3 Å². The summed E-state index contributed by atoms with van der Waals surface area (Å²) in [5.74, 6) is 1.58. The number of rotatable bonds is 3. The van der Waals surface area contributed by atoms with Gasteiger partial charge in [-0.2, -0.15) is 0 Å². The van der Waals surface area contributed by atoms with E-state index >= 15 is 0 Å². The zero-order valence-corrected chi connectivity index (χ0v) is 10.2. The summed E-state index contributed by atoms with van der Waals surface area (Å²) in [6.45, 7) is 3.18. The maximum absolute atomic E-state index is 5.76. The molecule has 2 rings (SSSR count). The van der Waals surface area contributed by atoms with Gasteiger partial charge in [0.1, 0.15) is 0 Å². The molecule has 0 saturated carbocycles. The van der Waals surface area contributed by atoms with Gasteiger partial charge in [0, 0.05) is 13.1 Å². The minimum Gasteiger partial charge on any atom is -0.341 e. The molecule has 1 aromatic heterocycles. The lowest BCUT2D eigenvalue weighted by Crippen LogP contribution is -2.37. The number of nitrogens with zero attached hydrogens (tertiary/aromatic N) is 3. The number of hydrogen-bond donors (Lipinski definition) is 1. The van der Waals surface area contributed by atoms with Crippen LogP contribution < -0.4 is 10.2 Å². The van der Waals surface area contributed by atoms with Gasteiger partial charge in [0.2, 0.25) is 5.95 Å². The number of hydrogen-bond acceptors (Lipinski definition) is 4. The minimum atomic E-state index is 0.591. The molecular formula is C11H17ClN4. The van der Waals surface area contributed by atoms with Crippen molar-refractivity contribution in [3.05, 3.63) is 17.4 Å². The zero-order chi connectivity index (χ0) is 11.4. The Kier molecular flexibility index (Phi) is 3.96. The highest BCUT2D eigenvalue weighted by Gasteiger charge is 2.20. The molecule has 0 radical (unpaired) electrons. The Morgan fingerprint density at radius 1 is 1.38 bits per heavy atom. The highest BCUT2D eigenvalue weighted by Crippen LogP contribution is 2.20. The third kappa shape index (κ3) is 2.83. The first-order valence-electron chi connectivity index (χ1n) is 5.66. The molecule has 0 spiro atoms. The molecule has 0 aliphatic carbocycles. The van der Waals surface area contributed by atoms with Crippen LogP contribution in [0.25, 0.3) is 0 Å². The van der Waals surface area contributed by atoms with Crippen molar-refractivity contribution in [1.29, 1.82) is 0 Å². The molecule has 0 aromatic carbocycles. The molecule has 1 aromatic rings. The van der Waals surface area contributed by atoms with E-state index in [0.717, 1.165) is 31.5 Å². The average molecular weight is 241 g/mol. The topological polar surface area (TPSA) is 41.0 Å². The van der Waals surface area contributed by atoms with Crippen LogP contribution in [0.2, 0.25) is 5.02 Å². The Hall–Kier alpha value is -0.870. The number of halogens is 1. The van der Waals surface area contributed by atoms with Crippen LogP contribution in [-0.4, -0.2) is 36.6 Å². The van der Waals surface area contributed by atoms with Crippen molar-refractivity contribution in [3.8, 4) is 0 Å². The van der Waals surface area contributed by atoms with Gasteiger partial charge in [-0.15, -0.1) is 0 Å². The summed E-state index contributed by atoms with van der Waals surface area (Å²) in [4.78, 5) is 10.7. The Balaban J connectivity index is 1.91. The van der Waals surface area contributed by atoms with E-state index in [2.05, 4.69) is 20.2 Å². The Morgan fingerprint density at radius 3 is 2.56 bits per heavy atom. The second kappa shape index (κ2) is 5.46. The van der Waals surface area contributed by atoms with E-state index in [1.165, 1.54) is 12.8 Å². The third-order valence-electron chi connectivity index (χ3n) is 3.00. The SMILES string of the molecule is CNCC1CCN(c2ncc(Cl)cn2)CC1. The summed E-state index contributed by atoms with van der Waals surface area (Å²) in [5, 5.41) is 3.82. The number of piperidine rings is 1. The van der Waals surface area contributed by atoms with Gasteiger partial charge in [0.15, 0.2) is 0 Å². The quantitative estimate of drug-likeness (QED) is 0.871. The molecule has 4 nitrogen and oxygen atoms in total. The van der Waals surface area contributed by atoms with Gasteiger partial charge in [-0.3, -0.25) is 0 Å². The molecule has 1 fully saturated rings. The fourth-order valence-electron chi connectivity index (χ4n) is 2.09. The molecule has 5 heteroatoms. The second-order valence-corrected chi connectivity index (χ2v) is 4.63. The van der Waals surface area contributed by atoms with E-state index < -0.39 is 0 Å². The standard InChI is InChI=1S/C11H17ClN4/c1-13-6-9-2-4-16(5-3-9)11-14-7-10(12)8-15-11/h7-9,13H,2-6H2,1H3. The molecule has 0 amide bonds. The van der Waals surface area contributed by atoms with Crippen LogP contribution in [0.3, 0.4) is 0 Å². The van der Waals surface area contributed by atoms with E-state index in [4.69, 9.17) is 11.6 Å². The largest absolute Gasteiger partial charge is 0.341 e. The van der Waals surface area contributed by atoms with Crippen LogP contribution in [0, 0.1) is 5.92 Å². The Morgan fingerprint density at radius 2 is 2.00 bits per heavy atom. The van der Waals surface area contributed by atoms with Gasteiger partial charge in [-0.25, -0.2) is 9.97 Å². The van der Waals surface area contributed by atoms with E-state index in [1.54, 1.807) is 12.4 Å². The summed E-state index contributed by atoms with van der Waals surface area (Å²) in [6.07, 6.45) is 5.72. The maximum atomic E-state index is 5.76. The van der Waals surface area contributed by atoms with Crippen LogP contribution in [0.4, 0.5) is 5.95 Å². The van der Waals surface area contributed by atoms with Crippen LogP contribution in [0.5, 0.6) is 0 Å². The molecule has 0 bridgehead atoms. The lowest BCUT2D eigenvalue weighted by molar-refractivity contribution is 0.391. The summed E-state index contributed by atoms with van der Waals surface area (Å²) in [7, 11) is 2.01. The molecule has 2 heterocycles. The molecule has 1 saturated heterocycles. The Labute approximate surface area is 101 Å². The van der Waals surface area contributed by atoms with Crippen molar-refractivity contribution in [2.24, 2.45) is 5.92 Å². The molecular weight excluding hydrogens is 224 g/mol. The second-order valence-electron chi connectivity index (χ2n) is 4.19. The molecule has 1 aliphatic heterocycles. The molecule has 16 heavy (non-hydrogen) atoms. The first-order valence-corrected chi connectivity index (χ1v) is 6.04. The highest BCUT2D eigenvalue weighted by atomic mass is 35.5. The highest BCUT2D eigenvalue weighted by molar-refractivity contribution is 6.30. The predicted octanol–water partition coefficient (Wildman–Crippen LogP) is 1.57. The number of anilines is 1. The normalized spacial score (nSPS) is 17.8. The molecule has 1 aliphatic rings. The lowest BCUT2D eigenvalue weighted by Gasteiger charge is -2.31.